The number of rotatable bonds is 0. The van der Waals surface area contributed by atoms with Gasteiger partial charge in [0, 0.05) is 19.1 Å². The van der Waals surface area contributed by atoms with Gasteiger partial charge in [-0.25, -0.2) is 0 Å². The molecule has 3 unspecified atom stereocenters. The van der Waals surface area contributed by atoms with Crippen molar-refractivity contribution in [3.05, 3.63) is 0 Å². The first-order valence-corrected chi connectivity index (χ1v) is 3.34. The highest BCUT2D eigenvalue weighted by Gasteiger charge is 2.35. The van der Waals surface area contributed by atoms with Crippen LogP contribution in [0.25, 0.3) is 0 Å². The maximum atomic E-state index is 5.78. The standard InChI is InChI=1S/C6H12N2/c7-6-4-8-2-1-5(6)3-8/h5-6H,1-4,7H2. The van der Waals surface area contributed by atoms with Crippen LogP contribution in [0.2, 0.25) is 0 Å². The number of hydrogen-bond donors (Lipinski definition) is 1. The van der Waals surface area contributed by atoms with Crippen molar-refractivity contribution in [2.45, 2.75) is 12.5 Å². The maximum absolute atomic E-state index is 5.78. The van der Waals surface area contributed by atoms with Crippen molar-refractivity contribution in [2.75, 3.05) is 19.6 Å². The fraction of sp³-hybridized carbons (Fsp3) is 1.00. The zero-order valence-corrected chi connectivity index (χ0v) is 5.01. The van der Waals surface area contributed by atoms with Crippen LogP contribution < -0.4 is 5.73 Å². The van der Waals surface area contributed by atoms with E-state index in [-0.39, 0.29) is 0 Å². The molecule has 2 nitrogen and oxygen atoms in total. The predicted molar refractivity (Wildman–Crippen MR) is 32.5 cm³/mol. The molecule has 2 aliphatic heterocycles. The van der Waals surface area contributed by atoms with Gasteiger partial charge in [0.25, 0.3) is 0 Å². The molecular weight excluding hydrogens is 100 g/mol. The fourth-order valence-corrected chi connectivity index (χ4v) is 1.83. The van der Waals surface area contributed by atoms with Crippen molar-refractivity contribution in [1.29, 1.82) is 0 Å². The van der Waals surface area contributed by atoms with Crippen LogP contribution in [0.1, 0.15) is 6.42 Å². The first-order valence-electron chi connectivity index (χ1n) is 3.34. The highest BCUT2D eigenvalue weighted by atomic mass is 15.2. The van der Waals surface area contributed by atoms with Crippen LogP contribution in [0.15, 0.2) is 0 Å². The molecule has 2 heterocycles. The minimum absolute atomic E-state index is 0.503. The zero-order valence-electron chi connectivity index (χ0n) is 5.01. The van der Waals surface area contributed by atoms with E-state index in [2.05, 4.69) is 4.90 Å². The molecule has 2 fully saturated rings. The van der Waals surface area contributed by atoms with Crippen molar-refractivity contribution >= 4 is 0 Å². The maximum Gasteiger partial charge on any atom is 0.0209 e. The zero-order chi connectivity index (χ0) is 5.56. The Bertz CT molecular complexity index is 101. The lowest BCUT2D eigenvalue weighted by atomic mass is 10.0. The third-order valence-corrected chi connectivity index (χ3v) is 2.38. The predicted octanol–water partition coefficient (Wildman–Crippen LogP) is -0.351. The molecule has 0 radical (unpaired) electrons. The molecule has 0 amide bonds. The first kappa shape index (κ1) is 4.77. The average Bonchev–Trinajstić information content (AvgIpc) is 2.23. The molecule has 2 N–H and O–H groups in total. The van der Waals surface area contributed by atoms with Crippen LogP contribution in [-0.4, -0.2) is 30.6 Å². The van der Waals surface area contributed by atoms with Gasteiger partial charge in [0.05, 0.1) is 0 Å². The lowest BCUT2D eigenvalue weighted by Gasteiger charge is -2.16. The minimum atomic E-state index is 0.503. The van der Waals surface area contributed by atoms with Crippen LogP contribution in [0.4, 0.5) is 0 Å². The molecule has 8 heavy (non-hydrogen) atoms. The smallest absolute Gasteiger partial charge is 0.0209 e. The number of nitrogens with two attached hydrogens (primary N) is 1. The Morgan fingerprint density at radius 3 is 2.50 bits per heavy atom. The molecule has 2 saturated heterocycles. The van der Waals surface area contributed by atoms with Gasteiger partial charge in [0.2, 0.25) is 0 Å². The SMILES string of the molecule is NC1CN2CCC1C2. The molecule has 0 aromatic rings. The summed E-state index contributed by atoms with van der Waals surface area (Å²) in [6.45, 7) is 3.74. The number of fused-ring (bicyclic) bond motifs is 2. The lowest BCUT2D eigenvalue weighted by Crippen LogP contribution is -2.34. The Hall–Kier alpha value is -0.0800. The Kier molecular flexibility index (Phi) is 0.866. The summed E-state index contributed by atoms with van der Waals surface area (Å²) in [5.41, 5.74) is 5.78. The van der Waals surface area contributed by atoms with Crippen LogP contribution in [-0.2, 0) is 0 Å². The van der Waals surface area contributed by atoms with E-state index in [4.69, 9.17) is 5.73 Å². The Balaban J connectivity index is 2.11. The van der Waals surface area contributed by atoms with E-state index < -0.39 is 0 Å². The molecule has 0 spiro atoms. The van der Waals surface area contributed by atoms with Gasteiger partial charge in [-0.15, -0.1) is 0 Å². The van der Waals surface area contributed by atoms with E-state index in [1.165, 1.54) is 19.5 Å². The van der Waals surface area contributed by atoms with Crippen molar-refractivity contribution < 1.29 is 0 Å². The van der Waals surface area contributed by atoms with E-state index in [0.29, 0.717) is 6.04 Å². The molecule has 2 aliphatic rings. The third-order valence-electron chi connectivity index (χ3n) is 2.38. The van der Waals surface area contributed by atoms with Crippen molar-refractivity contribution in [3.8, 4) is 0 Å². The average molecular weight is 112 g/mol. The summed E-state index contributed by atoms with van der Waals surface area (Å²) in [6, 6.07) is 0.503. The van der Waals surface area contributed by atoms with Gasteiger partial charge in [0.15, 0.2) is 0 Å². The summed E-state index contributed by atoms with van der Waals surface area (Å²) >= 11 is 0. The fourth-order valence-electron chi connectivity index (χ4n) is 1.83. The topological polar surface area (TPSA) is 29.3 Å². The first-order chi connectivity index (χ1) is 3.86. The Morgan fingerprint density at radius 2 is 2.25 bits per heavy atom. The van der Waals surface area contributed by atoms with Gasteiger partial charge in [-0.3, -0.25) is 0 Å². The van der Waals surface area contributed by atoms with Gasteiger partial charge in [-0.2, -0.15) is 0 Å². The largest absolute Gasteiger partial charge is 0.326 e. The van der Waals surface area contributed by atoms with Gasteiger partial charge >= 0.3 is 0 Å². The lowest BCUT2D eigenvalue weighted by molar-refractivity contribution is 0.346. The normalized spacial score (nSPS) is 52.9. The van der Waals surface area contributed by atoms with E-state index in [1.54, 1.807) is 0 Å². The minimum Gasteiger partial charge on any atom is -0.326 e. The second-order valence-corrected chi connectivity index (χ2v) is 2.97. The summed E-state index contributed by atoms with van der Waals surface area (Å²) < 4.78 is 0. The van der Waals surface area contributed by atoms with Gasteiger partial charge in [-0.1, -0.05) is 0 Å². The summed E-state index contributed by atoms with van der Waals surface area (Å²) in [4.78, 5) is 2.45. The molecule has 2 bridgehead atoms. The highest BCUT2D eigenvalue weighted by molar-refractivity contribution is 4.92. The van der Waals surface area contributed by atoms with Gasteiger partial charge < -0.3 is 10.6 Å². The molecule has 0 saturated carbocycles. The monoisotopic (exact) mass is 112 g/mol. The Labute approximate surface area is 49.7 Å². The van der Waals surface area contributed by atoms with E-state index in [1.807, 2.05) is 0 Å². The van der Waals surface area contributed by atoms with Crippen molar-refractivity contribution in [1.82, 2.24) is 4.90 Å². The molecule has 0 aromatic carbocycles. The van der Waals surface area contributed by atoms with E-state index in [0.717, 1.165) is 12.5 Å². The summed E-state index contributed by atoms with van der Waals surface area (Å²) in [6.07, 6.45) is 1.35. The second kappa shape index (κ2) is 1.45. The van der Waals surface area contributed by atoms with Crippen LogP contribution in [0.3, 0.4) is 0 Å². The third kappa shape index (κ3) is 0.501. The summed E-state index contributed by atoms with van der Waals surface area (Å²) in [5.74, 6) is 0.843. The van der Waals surface area contributed by atoms with E-state index >= 15 is 0 Å². The van der Waals surface area contributed by atoms with Crippen molar-refractivity contribution in [3.63, 3.8) is 0 Å². The van der Waals surface area contributed by atoms with Crippen LogP contribution in [0, 0.1) is 5.92 Å². The molecule has 46 valence electrons. The molecule has 0 aliphatic carbocycles. The highest BCUT2D eigenvalue weighted by Crippen LogP contribution is 2.25. The van der Waals surface area contributed by atoms with Crippen LogP contribution in [0.5, 0.6) is 0 Å². The number of nitrogens with zero attached hydrogens (tertiary/aromatic N) is 1. The molecule has 0 aromatic heterocycles. The van der Waals surface area contributed by atoms with E-state index in [9.17, 15) is 0 Å². The molecule has 3 atom stereocenters. The molecule has 2 rings (SSSR count). The number of hydrogen-bond acceptors (Lipinski definition) is 2. The number of piperidine rings is 1. The van der Waals surface area contributed by atoms with Crippen LogP contribution >= 0.6 is 0 Å². The van der Waals surface area contributed by atoms with Gasteiger partial charge in [0.1, 0.15) is 0 Å². The molecular formula is C6H12N2. The summed E-state index contributed by atoms with van der Waals surface area (Å²) in [5, 5.41) is 0. The Morgan fingerprint density at radius 1 is 1.38 bits per heavy atom. The van der Waals surface area contributed by atoms with Gasteiger partial charge in [-0.05, 0) is 18.9 Å². The van der Waals surface area contributed by atoms with Crippen molar-refractivity contribution in [2.24, 2.45) is 11.7 Å². The quantitative estimate of drug-likeness (QED) is 0.464. The second-order valence-electron chi connectivity index (χ2n) is 2.97. The summed E-state index contributed by atoms with van der Waals surface area (Å²) in [7, 11) is 0. The molecule has 2 heteroatoms.